The van der Waals surface area contributed by atoms with Crippen LogP contribution in [0.1, 0.15) is 13.3 Å². The molecule has 54 valence electrons. The van der Waals surface area contributed by atoms with E-state index in [1.165, 1.54) is 0 Å². The molecule has 0 fully saturated rings. The van der Waals surface area contributed by atoms with Gasteiger partial charge in [0.15, 0.2) is 6.29 Å². The molecule has 0 aromatic rings. The topological polar surface area (TPSA) is 46.5 Å². The van der Waals surface area contributed by atoms with Crippen molar-refractivity contribution in [2.45, 2.75) is 19.4 Å². The SMILES string of the molecule is CCCOCC(O)C=O. The van der Waals surface area contributed by atoms with Crippen molar-refractivity contribution >= 4 is 6.29 Å². The van der Waals surface area contributed by atoms with Crippen molar-refractivity contribution in [3.8, 4) is 0 Å². The second kappa shape index (κ2) is 5.72. The van der Waals surface area contributed by atoms with E-state index in [1.807, 2.05) is 6.92 Å². The highest BCUT2D eigenvalue weighted by Gasteiger charge is 1.98. The van der Waals surface area contributed by atoms with Crippen LogP contribution in [0.3, 0.4) is 0 Å². The maximum absolute atomic E-state index is 9.77. The third-order valence-corrected chi connectivity index (χ3v) is 0.794. The Labute approximate surface area is 54.6 Å². The average molecular weight is 132 g/mol. The number of aliphatic hydroxyl groups excluding tert-OH is 1. The molecule has 1 unspecified atom stereocenters. The summed E-state index contributed by atoms with van der Waals surface area (Å²) in [7, 11) is 0. The molecule has 0 saturated heterocycles. The van der Waals surface area contributed by atoms with Gasteiger partial charge in [0.25, 0.3) is 0 Å². The Kier molecular flexibility index (Phi) is 5.46. The monoisotopic (exact) mass is 132 g/mol. The Bertz CT molecular complexity index is 72.7. The van der Waals surface area contributed by atoms with Crippen LogP contribution in [0.5, 0.6) is 0 Å². The van der Waals surface area contributed by atoms with Crippen LogP contribution in [0, 0.1) is 0 Å². The van der Waals surface area contributed by atoms with Crippen molar-refractivity contribution in [2.75, 3.05) is 13.2 Å². The van der Waals surface area contributed by atoms with Gasteiger partial charge in [-0.05, 0) is 6.42 Å². The lowest BCUT2D eigenvalue weighted by atomic mass is 10.4. The van der Waals surface area contributed by atoms with Crippen molar-refractivity contribution in [1.29, 1.82) is 0 Å². The number of hydrogen-bond donors (Lipinski definition) is 1. The Hall–Kier alpha value is -0.410. The van der Waals surface area contributed by atoms with Crippen LogP contribution in [-0.2, 0) is 9.53 Å². The van der Waals surface area contributed by atoms with Gasteiger partial charge in [0.1, 0.15) is 6.10 Å². The number of aliphatic hydroxyl groups is 1. The van der Waals surface area contributed by atoms with Crippen LogP contribution in [0.25, 0.3) is 0 Å². The minimum atomic E-state index is -0.948. The molecular formula is C6H12O3. The number of rotatable bonds is 5. The molecule has 3 heteroatoms. The summed E-state index contributed by atoms with van der Waals surface area (Å²) in [4.78, 5) is 9.77. The highest BCUT2D eigenvalue weighted by atomic mass is 16.5. The zero-order chi connectivity index (χ0) is 7.11. The molecule has 0 aromatic heterocycles. The first kappa shape index (κ1) is 8.59. The Morgan fingerprint density at radius 3 is 2.89 bits per heavy atom. The standard InChI is InChI=1S/C6H12O3/c1-2-3-9-5-6(8)4-7/h4,6,8H,2-3,5H2,1H3. The second-order valence-corrected chi connectivity index (χ2v) is 1.78. The van der Waals surface area contributed by atoms with Crippen LogP contribution in [0.2, 0.25) is 0 Å². The summed E-state index contributed by atoms with van der Waals surface area (Å²) in [5.41, 5.74) is 0. The van der Waals surface area contributed by atoms with Gasteiger partial charge in [0, 0.05) is 6.61 Å². The maximum Gasteiger partial charge on any atom is 0.150 e. The van der Waals surface area contributed by atoms with Crippen molar-refractivity contribution in [3.05, 3.63) is 0 Å². The van der Waals surface area contributed by atoms with Crippen molar-refractivity contribution in [1.82, 2.24) is 0 Å². The number of aldehydes is 1. The van der Waals surface area contributed by atoms with Crippen LogP contribution in [0.4, 0.5) is 0 Å². The van der Waals surface area contributed by atoms with E-state index in [2.05, 4.69) is 0 Å². The minimum absolute atomic E-state index is 0.122. The summed E-state index contributed by atoms with van der Waals surface area (Å²) in [5.74, 6) is 0. The van der Waals surface area contributed by atoms with E-state index in [-0.39, 0.29) is 6.61 Å². The lowest BCUT2D eigenvalue weighted by molar-refractivity contribution is -0.117. The van der Waals surface area contributed by atoms with E-state index < -0.39 is 6.10 Å². The first-order valence-corrected chi connectivity index (χ1v) is 3.02. The van der Waals surface area contributed by atoms with E-state index in [4.69, 9.17) is 9.84 Å². The third-order valence-electron chi connectivity index (χ3n) is 0.794. The molecule has 0 aliphatic carbocycles. The van der Waals surface area contributed by atoms with Crippen LogP contribution < -0.4 is 0 Å². The molecule has 0 heterocycles. The number of ether oxygens (including phenoxy) is 1. The van der Waals surface area contributed by atoms with Gasteiger partial charge in [-0.2, -0.15) is 0 Å². The molecule has 0 aromatic carbocycles. The van der Waals surface area contributed by atoms with Gasteiger partial charge in [-0.25, -0.2) is 0 Å². The van der Waals surface area contributed by atoms with Crippen LogP contribution in [-0.4, -0.2) is 30.7 Å². The quantitative estimate of drug-likeness (QED) is 0.422. The van der Waals surface area contributed by atoms with Crippen LogP contribution >= 0.6 is 0 Å². The first-order chi connectivity index (χ1) is 4.31. The molecular weight excluding hydrogens is 120 g/mol. The number of carbonyl (C=O) groups excluding carboxylic acids is 1. The maximum atomic E-state index is 9.77. The predicted molar refractivity (Wildman–Crippen MR) is 33.2 cm³/mol. The fraction of sp³-hybridized carbons (Fsp3) is 0.833. The molecule has 1 N–H and O–H groups in total. The Morgan fingerprint density at radius 2 is 2.44 bits per heavy atom. The predicted octanol–water partition coefficient (Wildman–Crippen LogP) is -0.0272. The minimum Gasteiger partial charge on any atom is -0.383 e. The zero-order valence-corrected chi connectivity index (χ0v) is 5.54. The largest absolute Gasteiger partial charge is 0.383 e. The molecule has 1 atom stereocenters. The van der Waals surface area contributed by atoms with Gasteiger partial charge in [0.05, 0.1) is 6.61 Å². The molecule has 0 spiro atoms. The first-order valence-electron chi connectivity index (χ1n) is 3.02. The fourth-order valence-electron chi connectivity index (χ4n) is 0.388. The van der Waals surface area contributed by atoms with Crippen molar-refractivity contribution in [3.63, 3.8) is 0 Å². The highest BCUT2D eigenvalue weighted by molar-refractivity contribution is 5.55. The van der Waals surface area contributed by atoms with E-state index in [1.54, 1.807) is 0 Å². The van der Waals surface area contributed by atoms with Gasteiger partial charge < -0.3 is 14.6 Å². The number of hydrogen-bond acceptors (Lipinski definition) is 3. The molecule has 0 amide bonds. The molecule has 0 saturated carbocycles. The summed E-state index contributed by atoms with van der Waals surface area (Å²) < 4.78 is 4.85. The lowest BCUT2D eigenvalue weighted by Crippen LogP contribution is -2.16. The molecule has 0 radical (unpaired) electrons. The summed E-state index contributed by atoms with van der Waals surface area (Å²) >= 11 is 0. The summed E-state index contributed by atoms with van der Waals surface area (Å²) in [6.07, 6.45) is 0.429. The fourth-order valence-corrected chi connectivity index (χ4v) is 0.388. The summed E-state index contributed by atoms with van der Waals surface area (Å²) in [5, 5.41) is 8.59. The van der Waals surface area contributed by atoms with Gasteiger partial charge in [-0.15, -0.1) is 0 Å². The molecule has 3 nitrogen and oxygen atoms in total. The Balaban J connectivity index is 2.96. The highest BCUT2D eigenvalue weighted by Crippen LogP contribution is 1.82. The molecule has 0 bridgehead atoms. The van der Waals surface area contributed by atoms with Gasteiger partial charge in [-0.3, -0.25) is 0 Å². The number of carbonyl (C=O) groups is 1. The summed E-state index contributed by atoms with van der Waals surface area (Å²) in [6.45, 7) is 2.69. The summed E-state index contributed by atoms with van der Waals surface area (Å²) in [6, 6.07) is 0. The van der Waals surface area contributed by atoms with Gasteiger partial charge in [-0.1, -0.05) is 6.92 Å². The smallest absolute Gasteiger partial charge is 0.150 e. The van der Waals surface area contributed by atoms with Crippen molar-refractivity contribution < 1.29 is 14.6 Å². The zero-order valence-electron chi connectivity index (χ0n) is 5.54. The molecule has 0 aliphatic rings. The van der Waals surface area contributed by atoms with E-state index in [0.29, 0.717) is 12.9 Å². The molecule has 0 aliphatic heterocycles. The van der Waals surface area contributed by atoms with E-state index in [9.17, 15) is 4.79 Å². The lowest BCUT2D eigenvalue weighted by Gasteiger charge is -2.01. The second-order valence-electron chi connectivity index (χ2n) is 1.78. The van der Waals surface area contributed by atoms with Gasteiger partial charge >= 0.3 is 0 Å². The van der Waals surface area contributed by atoms with Crippen LogP contribution in [0.15, 0.2) is 0 Å². The molecule has 0 rings (SSSR count). The third kappa shape index (κ3) is 5.46. The van der Waals surface area contributed by atoms with Crippen molar-refractivity contribution in [2.24, 2.45) is 0 Å². The molecule has 9 heavy (non-hydrogen) atoms. The average Bonchev–Trinajstić information content (AvgIpc) is 1.89. The Morgan fingerprint density at radius 1 is 1.78 bits per heavy atom. The van der Waals surface area contributed by atoms with Gasteiger partial charge in [0.2, 0.25) is 0 Å². The normalized spacial score (nSPS) is 13.1. The van der Waals surface area contributed by atoms with E-state index >= 15 is 0 Å². The van der Waals surface area contributed by atoms with E-state index in [0.717, 1.165) is 6.42 Å².